The molecule has 2 aliphatic heterocycles. The molecule has 3 aliphatic rings. The molecular formula is C21H29ClN2O. The second-order valence-corrected chi connectivity index (χ2v) is 8.89. The first-order chi connectivity index (χ1) is 12.1. The smallest absolute Gasteiger partial charge is 0.220 e. The Balaban J connectivity index is 1.36. The predicted molar refractivity (Wildman–Crippen MR) is 102 cm³/mol. The fourth-order valence-corrected chi connectivity index (χ4v) is 5.57. The van der Waals surface area contributed by atoms with Gasteiger partial charge in [0.2, 0.25) is 5.91 Å². The molecule has 1 amide bonds. The number of rotatable bonds is 5. The summed E-state index contributed by atoms with van der Waals surface area (Å²) < 4.78 is 0. The number of carbonyl (C=O) groups is 1. The summed E-state index contributed by atoms with van der Waals surface area (Å²) >= 11 is 6.22. The molecule has 3 nitrogen and oxygen atoms in total. The third-order valence-electron chi connectivity index (χ3n) is 6.67. The normalized spacial score (nSPS) is 30.4. The van der Waals surface area contributed by atoms with Crippen LogP contribution in [0.3, 0.4) is 0 Å². The second-order valence-electron chi connectivity index (χ2n) is 8.45. The van der Waals surface area contributed by atoms with Gasteiger partial charge in [0.15, 0.2) is 0 Å². The third kappa shape index (κ3) is 3.88. The van der Waals surface area contributed by atoms with Gasteiger partial charge in [-0.2, -0.15) is 0 Å². The Kier molecular flexibility index (Phi) is 5.06. The molecule has 0 spiro atoms. The Morgan fingerprint density at radius 2 is 1.92 bits per heavy atom. The van der Waals surface area contributed by atoms with E-state index >= 15 is 0 Å². The molecule has 2 unspecified atom stereocenters. The van der Waals surface area contributed by atoms with Crippen LogP contribution in [0.5, 0.6) is 0 Å². The van der Waals surface area contributed by atoms with Gasteiger partial charge in [0, 0.05) is 35.5 Å². The number of carbonyl (C=O) groups excluding carboxylic acids is 1. The highest BCUT2D eigenvalue weighted by Crippen LogP contribution is 2.41. The molecule has 2 heterocycles. The van der Waals surface area contributed by atoms with Gasteiger partial charge in [-0.3, -0.25) is 4.79 Å². The summed E-state index contributed by atoms with van der Waals surface area (Å²) in [6.07, 6.45) is 10.4. The van der Waals surface area contributed by atoms with Crippen LogP contribution >= 0.6 is 11.6 Å². The number of halogens is 1. The summed E-state index contributed by atoms with van der Waals surface area (Å²) in [6.45, 7) is 0.754. The molecule has 136 valence electrons. The molecule has 25 heavy (non-hydrogen) atoms. The fourth-order valence-electron chi connectivity index (χ4n) is 5.38. The van der Waals surface area contributed by atoms with E-state index in [4.69, 9.17) is 11.6 Å². The molecule has 1 aromatic rings. The lowest BCUT2D eigenvalue weighted by Crippen LogP contribution is -2.42. The van der Waals surface area contributed by atoms with Gasteiger partial charge in [-0.25, -0.2) is 0 Å². The lowest BCUT2D eigenvalue weighted by atomic mass is 9.78. The van der Waals surface area contributed by atoms with Crippen LogP contribution in [-0.4, -0.2) is 24.5 Å². The first-order valence-corrected chi connectivity index (χ1v) is 10.3. The van der Waals surface area contributed by atoms with E-state index in [-0.39, 0.29) is 11.3 Å². The monoisotopic (exact) mass is 360 g/mol. The highest BCUT2D eigenvalue weighted by atomic mass is 35.5. The molecule has 2 atom stereocenters. The average Bonchev–Trinajstić information content (AvgIpc) is 3.21. The van der Waals surface area contributed by atoms with Crippen LogP contribution in [0.4, 0.5) is 0 Å². The van der Waals surface area contributed by atoms with Crippen molar-refractivity contribution in [3.8, 4) is 0 Å². The number of amides is 1. The average molecular weight is 361 g/mol. The molecule has 0 aromatic heterocycles. The van der Waals surface area contributed by atoms with Gasteiger partial charge >= 0.3 is 0 Å². The number of nitrogens with one attached hydrogen (secondary N) is 2. The quantitative estimate of drug-likeness (QED) is 0.826. The van der Waals surface area contributed by atoms with E-state index in [1.165, 1.54) is 44.1 Å². The number of fused-ring (bicyclic) bond motifs is 2. The summed E-state index contributed by atoms with van der Waals surface area (Å²) in [5.74, 6) is 0.795. The second kappa shape index (κ2) is 7.28. The fraction of sp³-hybridized carbons (Fsp3) is 0.667. The molecular weight excluding hydrogens is 332 g/mol. The largest absolute Gasteiger partial charge is 0.355 e. The molecule has 4 rings (SSSR count). The molecule has 2 bridgehead atoms. The zero-order valence-corrected chi connectivity index (χ0v) is 15.7. The van der Waals surface area contributed by atoms with Crippen molar-refractivity contribution < 1.29 is 4.79 Å². The molecule has 2 saturated heterocycles. The van der Waals surface area contributed by atoms with E-state index in [1.807, 2.05) is 12.1 Å². The first kappa shape index (κ1) is 17.4. The van der Waals surface area contributed by atoms with Crippen molar-refractivity contribution in [1.82, 2.24) is 10.6 Å². The SMILES string of the molecule is O=C(CC1CC2CCC(C1)N2)NCC1(c2cccc(Cl)c2)CCCC1. The molecule has 1 aliphatic carbocycles. The predicted octanol–water partition coefficient (Wildman–Crippen LogP) is 4.19. The zero-order chi connectivity index (χ0) is 17.3. The van der Waals surface area contributed by atoms with E-state index in [1.54, 1.807) is 0 Å². The van der Waals surface area contributed by atoms with Crippen LogP contribution in [0, 0.1) is 5.92 Å². The molecule has 0 radical (unpaired) electrons. The van der Waals surface area contributed by atoms with E-state index < -0.39 is 0 Å². The number of hydrogen-bond donors (Lipinski definition) is 2. The minimum absolute atomic E-state index is 0.0771. The van der Waals surface area contributed by atoms with Crippen molar-refractivity contribution in [2.24, 2.45) is 5.92 Å². The van der Waals surface area contributed by atoms with Crippen molar-refractivity contribution in [1.29, 1.82) is 0 Å². The Morgan fingerprint density at radius 1 is 1.20 bits per heavy atom. The van der Waals surface area contributed by atoms with Crippen LogP contribution in [0.2, 0.25) is 5.02 Å². The van der Waals surface area contributed by atoms with Crippen molar-refractivity contribution in [3.63, 3.8) is 0 Å². The van der Waals surface area contributed by atoms with Gasteiger partial charge < -0.3 is 10.6 Å². The van der Waals surface area contributed by atoms with Gasteiger partial charge in [0.1, 0.15) is 0 Å². The standard InChI is InChI=1S/C21H29ClN2O/c22-17-5-3-4-16(13-17)21(8-1-2-9-21)14-23-20(25)12-15-10-18-6-7-19(11-15)24-18/h3-5,13,15,18-19,24H,1-2,6-12,14H2,(H,23,25). The zero-order valence-electron chi connectivity index (χ0n) is 14.9. The number of benzene rings is 1. The third-order valence-corrected chi connectivity index (χ3v) is 6.90. The van der Waals surface area contributed by atoms with E-state index in [0.717, 1.165) is 24.4 Å². The number of piperidine rings is 1. The van der Waals surface area contributed by atoms with E-state index in [2.05, 4.69) is 22.8 Å². The maximum absolute atomic E-state index is 12.6. The van der Waals surface area contributed by atoms with Crippen LogP contribution < -0.4 is 10.6 Å². The summed E-state index contributed by atoms with van der Waals surface area (Å²) in [6, 6.07) is 9.53. The summed E-state index contributed by atoms with van der Waals surface area (Å²) in [4.78, 5) is 12.6. The molecule has 1 aromatic carbocycles. The molecule has 3 fully saturated rings. The lowest BCUT2D eigenvalue weighted by Gasteiger charge is -2.31. The maximum atomic E-state index is 12.6. The van der Waals surface area contributed by atoms with Crippen molar-refractivity contribution >= 4 is 17.5 Å². The Morgan fingerprint density at radius 3 is 2.60 bits per heavy atom. The van der Waals surface area contributed by atoms with Gasteiger partial charge in [-0.05, 0) is 62.1 Å². The van der Waals surface area contributed by atoms with E-state index in [0.29, 0.717) is 24.4 Å². The Bertz CT molecular complexity index is 614. The Hall–Kier alpha value is -1.06. The van der Waals surface area contributed by atoms with Crippen LogP contribution in [-0.2, 0) is 10.2 Å². The van der Waals surface area contributed by atoms with Crippen molar-refractivity contribution in [3.05, 3.63) is 34.9 Å². The van der Waals surface area contributed by atoms with Crippen molar-refractivity contribution in [2.45, 2.75) is 75.3 Å². The summed E-state index contributed by atoms with van der Waals surface area (Å²) in [5, 5.41) is 7.73. The highest BCUT2D eigenvalue weighted by Gasteiger charge is 2.37. The van der Waals surface area contributed by atoms with E-state index in [9.17, 15) is 4.79 Å². The van der Waals surface area contributed by atoms with Gasteiger partial charge in [0.05, 0.1) is 0 Å². The van der Waals surface area contributed by atoms with Crippen LogP contribution in [0.1, 0.15) is 63.4 Å². The van der Waals surface area contributed by atoms with Gasteiger partial charge in [-0.1, -0.05) is 36.6 Å². The Labute approximate surface area is 155 Å². The van der Waals surface area contributed by atoms with Crippen LogP contribution in [0.15, 0.2) is 24.3 Å². The highest BCUT2D eigenvalue weighted by molar-refractivity contribution is 6.30. The minimum atomic E-state index is 0.0771. The maximum Gasteiger partial charge on any atom is 0.220 e. The molecule has 1 saturated carbocycles. The van der Waals surface area contributed by atoms with Crippen LogP contribution in [0.25, 0.3) is 0 Å². The molecule has 2 N–H and O–H groups in total. The topological polar surface area (TPSA) is 41.1 Å². The van der Waals surface area contributed by atoms with Crippen molar-refractivity contribution in [2.75, 3.05) is 6.54 Å². The summed E-state index contributed by atoms with van der Waals surface area (Å²) in [5.41, 5.74) is 1.37. The van der Waals surface area contributed by atoms with Gasteiger partial charge in [-0.15, -0.1) is 0 Å². The first-order valence-electron chi connectivity index (χ1n) is 9.92. The number of hydrogen-bond acceptors (Lipinski definition) is 2. The lowest BCUT2D eigenvalue weighted by molar-refractivity contribution is -0.122. The van der Waals surface area contributed by atoms with Gasteiger partial charge in [0.25, 0.3) is 0 Å². The summed E-state index contributed by atoms with van der Waals surface area (Å²) in [7, 11) is 0. The molecule has 4 heteroatoms. The minimum Gasteiger partial charge on any atom is -0.355 e.